The van der Waals surface area contributed by atoms with Crippen LogP contribution >= 0.6 is 0 Å². The van der Waals surface area contributed by atoms with E-state index in [1.54, 1.807) is 30.3 Å². The summed E-state index contributed by atoms with van der Waals surface area (Å²) < 4.78 is 0. The van der Waals surface area contributed by atoms with Gasteiger partial charge in [-0.25, -0.2) is 9.78 Å². The van der Waals surface area contributed by atoms with Gasteiger partial charge in [0.1, 0.15) is 18.1 Å². The van der Waals surface area contributed by atoms with Crippen molar-refractivity contribution in [3.8, 4) is 0 Å². The number of aromatic amines is 1. The predicted molar refractivity (Wildman–Crippen MR) is 125 cm³/mol. The Bertz CT molecular complexity index is 1050. The fraction of sp³-hybridized carbons (Fsp3) is 0.364. The van der Waals surface area contributed by atoms with Crippen molar-refractivity contribution >= 4 is 29.6 Å². The normalized spacial score (nSPS) is 14.1. The highest BCUT2D eigenvalue weighted by molar-refractivity contribution is 5.96. The molecule has 2 rings (SSSR count). The molecule has 1 aromatic carbocycles. The quantitative estimate of drug-likeness (QED) is 0.130. The van der Waals surface area contributed by atoms with Gasteiger partial charge in [0.15, 0.2) is 0 Å². The number of amides is 4. The molecule has 14 nitrogen and oxygen atoms in total. The minimum Gasteiger partial charge on any atom is -0.480 e. The van der Waals surface area contributed by atoms with E-state index in [1.807, 2.05) is 0 Å². The Hall–Kier alpha value is -4.30. The number of H-pyrrole nitrogens is 1. The third-order valence-corrected chi connectivity index (χ3v) is 5.08. The summed E-state index contributed by atoms with van der Waals surface area (Å²) in [7, 11) is 0. The second-order valence-electron chi connectivity index (χ2n) is 7.95. The molecule has 0 saturated heterocycles. The largest absolute Gasteiger partial charge is 0.480 e. The number of rotatable bonds is 14. The van der Waals surface area contributed by atoms with Gasteiger partial charge in [0.25, 0.3) is 0 Å². The maximum Gasteiger partial charge on any atom is 0.326 e. The molecule has 4 amide bonds. The topological polar surface area (TPSA) is 243 Å². The van der Waals surface area contributed by atoms with Gasteiger partial charge in [-0.05, 0) is 5.56 Å². The molecule has 2 aromatic rings. The number of aromatic nitrogens is 2. The summed E-state index contributed by atoms with van der Waals surface area (Å²) in [5.41, 5.74) is 12.2. The Balaban J connectivity index is 2.03. The number of benzene rings is 1. The zero-order chi connectivity index (χ0) is 26.7. The molecule has 4 atom stereocenters. The number of hydrogen-bond acceptors (Lipinski definition) is 8. The number of carbonyl (C=O) groups is 5. The number of imidazole rings is 1. The van der Waals surface area contributed by atoms with E-state index in [0.717, 1.165) is 0 Å². The molecular weight excluding hydrogens is 474 g/mol. The first-order valence-electron chi connectivity index (χ1n) is 10.9. The van der Waals surface area contributed by atoms with Crippen LogP contribution in [-0.4, -0.2) is 80.6 Å². The first-order chi connectivity index (χ1) is 17.1. The van der Waals surface area contributed by atoms with Crippen LogP contribution in [0.3, 0.4) is 0 Å². The van der Waals surface area contributed by atoms with E-state index in [-0.39, 0.29) is 12.8 Å². The number of aliphatic hydroxyl groups is 1. The monoisotopic (exact) mass is 503 g/mol. The van der Waals surface area contributed by atoms with Gasteiger partial charge in [-0.2, -0.15) is 0 Å². The smallest absolute Gasteiger partial charge is 0.326 e. The maximum absolute atomic E-state index is 12.7. The van der Waals surface area contributed by atoms with Crippen molar-refractivity contribution in [2.24, 2.45) is 11.5 Å². The summed E-state index contributed by atoms with van der Waals surface area (Å²) in [4.78, 5) is 67.5. The van der Waals surface area contributed by atoms with Gasteiger partial charge in [0.05, 0.1) is 25.4 Å². The van der Waals surface area contributed by atoms with Gasteiger partial charge < -0.3 is 42.6 Å². The fourth-order valence-electron chi connectivity index (χ4n) is 3.20. The molecule has 36 heavy (non-hydrogen) atoms. The molecular formula is C22H29N7O7. The van der Waals surface area contributed by atoms with E-state index in [4.69, 9.17) is 11.5 Å². The Kier molecular flexibility index (Phi) is 10.5. The highest BCUT2D eigenvalue weighted by Gasteiger charge is 2.31. The molecule has 0 fully saturated rings. The van der Waals surface area contributed by atoms with E-state index in [2.05, 4.69) is 25.9 Å². The number of aliphatic carboxylic acids is 1. The predicted octanol–water partition coefficient (Wildman–Crippen LogP) is -3.07. The summed E-state index contributed by atoms with van der Waals surface area (Å²) in [5.74, 6) is -4.99. The van der Waals surface area contributed by atoms with Crippen molar-refractivity contribution in [1.29, 1.82) is 0 Å². The minimum absolute atomic E-state index is 0.0391. The molecule has 0 spiro atoms. The highest BCUT2D eigenvalue weighted by atomic mass is 16.4. The fourth-order valence-corrected chi connectivity index (χ4v) is 3.20. The average Bonchev–Trinajstić information content (AvgIpc) is 3.34. The van der Waals surface area contributed by atoms with E-state index >= 15 is 0 Å². The van der Waals surface area contributed by atoms with Gasteiger partial charge in [-0.3, -0.25) is 19.2 Å². The van der Waals surface area contributed by atoms with Crippen molar-refractivity contribution in [1.82, 2.24) is 25.9 Å². The molecule has 1 heterocycles. The number of primary amides is 1. The number of carboxylic acids is 1. The second-order valence-corrected chi connectivity index (χ2v) is 7.95. The van der Waals surface area contributed by atoms with E-state index in [9.17, 15) is 34.2 Å². The van der Waals surface area contributed by atoms with Gasteiger partial charge in [-0.1, -0.05) is 30.3 Å². The van der Waals surface area contributed by atoms with Crippen molar-refractivity contribution in [2.45, 2.75) is 43.4 Å². The average molecular weight is 504 g/mol. The van der Waals surface area contributed by atoms with Crippen molar-refractivity contribution < 1.29 is 34.2 Å². The van der Waals surface area contributed by atoms with Crippen molar-refractivity contribution in [3.63, 3.8) is 0 Å². The Morgan fingerprint density at radius 3 is 2.08 bits per heavy atom. The number of nitrogens with one attached hydrogen (secondary N) is 4. The van der Waals surface area contributed by atoms with Crippen LogP contribution in [0.2, 0.25) is 0 Å². The number of carboxylic acid groups (broad SMARTS) is 1. The first-order valence-corrected chi connectivity index (χ1v) is 10.9. The van der Waals surface area contributed by atoms with Crippen LogP contribution in [-0.2, 0) is 36.8 Å². The number of carbonyl (C=O) groups excluding carboxylic acids is 4. The van der Waals surface area contributed by atoms with Crippen LogP contribution in [0, 0.1) is 0 Å². The molecule has 0 aliphatic heterocycles. The molecule has 0 saturated carbocycles. The molecule has 10 N–H and O–H groups in total. The van der Waals surface area contributed by atoms with Crippen LogP contribution in [0.25, 0.3) is 0 Å². The standard InChI is InChI=1S/C22H29N7O7/c23-14(7-13-9-25-11-26-13)19(32)27-15(8-18(24)31)20(33)29-17(10-30)21(34)28-16(22(35)36)6-12-4-2-1-3-5-12/h1-5,9,11,14-17,30H,6-8,10,23H2,(H2,24,31)(H,25,26)(H,27,32)(H,28,34)(H,29,33)(H,35,36). The highest BCUT2D eigenvalue weighted by Crippen LogP contribution is 2.05. The van der Waals surface area contributed by atoms with Gasteiger partial charge in [0.2, 0.25) is 23.6 Å². The summed E-state index contributed by atoms with van der Waals surface area (Å²) in [6.07, 6.45) is 2.28. The zero-order valence-electron chi connectivity index (χ0n) is 19.2. The molecule has 4 unspecified atom stereocenters. The van der Waals surface area contributed by atoms with E-state index in [0.29, 0.717) is 11.3 Å². The molecule has 194 valence electrons. The zero-order valence-corrected chi connectivity index (χ0v) is 19.2. The van der Waals surface area contributed by atoms with Crippen LogP contribution in [0.5, 0.6) is 0 Å². The molecule has 0 aliphatic carbocycles. The SMILES string of the molecule is NC(=O)CC(NC(=O)C(N)Cc1cnc[nH]1)C(=O)NC(CO)C(=O)NC(Cc1ccccc1)C(=O)O. The van der Waals surface area contributed by atoms with Crippen LogP contribution < -0.4 is 27.4 Å². The van der Waals surface area contributed by atoms with Crippen LogP contribution in [0.4, 0.5) is 0 Å². The maximum atomic E-state index is 12.7. The van der Waals surface area contributed by atoms with Gasteiger partial charge >= 0.3 is 5.97 Å². The van der Waals surface area contributed by atoms with E-state index in [1.165, 1.54) is 12.5 Å². The number of nitrogens with zero attached hydrogens (tertiary/aromatic N) is 1. The van der Waals surface area contributed by atoms with Gasteiger partial charge in [-0.15, -0.1) is 0 Å². The third kappa shape index (κ3) is 8.81. The lowest BCUT2D eigenvalue weighted by atomic mass is 10.1. The van der Waals surface area contributed by atoms with Crippen LogP contribution in [0.15, 0.2) is 42.9 Å². The van der Waals surface area contributed by atoms with Crippen molar-refractivity contribution in [2.75, 3.05) is 6.61 Å². The summed E-state index contributed by atoms with van der Waals surface area (Å²) in [5, 5.41) is 25.9. The molecule has 0 radical (unpaired) electrons. The third-order valence-electron chi connectivity index (χ3n) is 5.08. The van der Waals surface area contributed by atoms with Crippen LogP contribution in [0.1, 0.15) is 17.7 Å². The Morgan fingerprint density at radius 1 is 0.917 bits per heavy atom. The summed E-state index contributed by atoms with van der Waals surface area (Å²) in [6, 6.07) is 3.03. The first kappa shape index (κ1) is 27.9. The van der Waals surface area contributed by atoms with E-state index < -0.39 is 66.8 Å². The molecule has 0 aliphatic rings. The molecule has 0 bridgehead atoms. The van der Waals surface area contributed by atoms with Crippen molar-refractivity contribution in [3.05, 3.63) is 54.1 Å². The minimum atomic E-state index is -1.57. The Morgan fingerprint density at radius 2 is 1.53 bits per heavy atom. The summed E-state index contributed by atoms with van der Waals surface area (Å²) in [6.45, 7) is -0.883. The lowest BCUT2D eigenvalue weighted by Gasteiger charge is -2.23. The Labute approximate surface area is 205 Å². The summed E-state index contributed by atoms with van der Waals surface area (Å²) >= 11 is 0. The lowest BCUT2D eigenvalue weighted by Crippen LogP contribution is -2.59. The number of aliphatic hydroxyl groups excluding tert-OH is 1. The molecule has 14 heteroatoms. The van der Waals surface area contributed by atoms with Gasteiger partial charge in [0, 0.05) is 24.7 Å². The molecule has 1 aromatic heterocycles. The second kappa shape index (κ2) is 13.6. The number of hydrogen-bond donors (Lipinski definition) is 8. The lowest BCUT2D eigenvalue weighted by molar-refractivity contribution is -0.142. The number of nitrogens with two attached hydrogens (primary N) is 2.